The van der Waals surface area contributed by atoms with Crippen molar-refractivity contribution in [1.29, 1.82) is 0 Å². The van der Waals surface area contributed by atoms with Crippen molar-refractivity contribution < 1.29 is 14.0 Å². The molecule has 1 aromatic heterocycles. The van der Waals surface area contributed by atoms with Crippen LogP contribution in [0.3, 0.4) is 0 Å². The molecule has 6 nitrogen and oxygen atoms in total. The van der Waals surface area contributed by atoms with Gasteiger partial charge in [-0.15, -0.1) is 0 Å². The number of aromatic nitrogens is 1. The summed E-state index contributed by atoms with van der Waals surface area (Å²) in [7, 11) is 3.93. The summed E-state index contributed by atoms with van der Waals surface area (Å²) in [4.78, 5) is 36.6. The Morgan fingerprint density at radius 3 is 2.58 bits per heavy atom. The van der Waals surface area contributed by atoms with E-state index in [-0.39, 0.29) is 30.1 Å². The predicted octanol–water partition coefficient (Wildman–Crippen LogP) is 3.82. The second kappa shape index (κ2) is 9.49. The number of halogens is 1. The zero-order valence-corrected chi connectivity index (χ0v) is 19.8. The molecule has 2 amide bonds. The summed E-state index contributed by atoms with van der Waals surface area (Å²) in [5.41, 5.74) is 1.05. The van der Waals surface area contributed by atoms with Crippen molar-refractivity contribution in [3.05, 3.63) is 59.5 Å². The van der Waals surface area contributed by atoms with Gasteiger partial charge in [0.15, 0.2) is 0 Å². The molecule has 1 aromatic carbocycles. The molecule has 176 valence electrons. The highest BCUT2D eigenvalue weighted by atomic mass is 19.1. The first-order valence-electron chi connectivity index (χ1n) is 11.7. The van der Waals surface area contributed by atoms with Crippen LogP contribution in [0.4, 0.5) is 10.2 Å². The van der Waals surface area contributed by atoms with Crippen LogP contribution in [0.15, 0.2) is 42.6 Å². The van der Waals surface area contributed by atoms with E-state index >= 15 is 0 Å². The van der Waals surface area contributed by atoms with Gasteiger partial charge in [-0.25, -0.2) is 9.37 Å². The lowest BCUT2D eigenvalue weighted by Crippen LogP contribution is -2.50. The molecule has 2 aliphatic heterocycles. The zero-order valence-electron chi connectivity index (χ0n) is 19.8. The molecule has 2 fully saturated rings. The Hall–Kier alpha value is -2.96. The van der Waals surface area contributed by atoms with E-state index < -0.39 is 5.41 Å². The van der Waals surface area contributed by atoms with Gasteiger partial charge in [0.2, 0.25) is 11.8 Å². The number of carbonyl (C=O) groups excluding carboxylic acids is 2. The molecule has 0 N–H and O–H groups in total. The van der Waals surface area contributed by atoms with Crippen LogP contribution in [-0.4, -0.2) is 60.3 Å². The van der Waals surface area contributed by atoms with Crippen molar-refractivity contribution in [3.63, 3.8) is 0 Å². The average Bonchev–Trinajstić information content (AvgIpc) is 3.30. The van der Waals surface area contributed by atoms with Crippen molar-refractivity contribution in [2.75, 3.05) is 38.6 Å². The van der Waals surface area contributed by atoms with Crippen molar-refractivity contribution >= 4 is 17.6 Å². The molecule has 0 aliphatic carbocycles. The Bertz CT molecular complexity index is 1020. The largest absolute Gasteiger partial charge is 0.363 e. The van der Waals surface area contributed by atoms with E-state index in [2.05, 4.69) is 11.1 Å². The SMILES string of the molecule is CN(C)c1cc([C@@H]2CCCN2C(=O)C2(C)CCN(C(=O)Cc3ccccc3F)CC2)ccn1. The number of hydrogen-bond donors (Lipinski definition) is 0. The topological polar surface area (TPSA) is 56.8 Å². The highest BCUT2D eigenvalue weighted by Crippen LogP contribution is 2.40. The first-order valence-corrected chi connectivity index (χ1v) is 11.7. The zero-order chi connectivity index (χ0) is 23.6. The van der Waals surface area contributed by atoms with Crippen molar-refractivity contribution in [2.45, 2.75) is 45.1 Å². The molecule has 7 heteroatoms. The first kappa shape index (κ1) is 23.2. The van der Waals surface area contributed by atoms with Crippen LogP contribution in [0.1, 0.15) is 49.8 Å². The van der Waals surface area contributed by atoms with Gasteiger partial charge in [-0.1, -0.05) is 25.1 Å². The van der Waals surface area contributed by atoms with Crippen LogP contribution >= 0.6 is 0 Å². The second-order valence-corrected chi connectivity index (χ2v) is 9.71. The number of hydrogen-bond acceptors (Lipinski definition) is 4. The lowest BCUT2D eigenvalue weighted by atomic mass is 9.78. The Morgan fingerprint density at radius 2 is 1.88 bits per heavy atom. The summed E-state index contributed by atoms with van der Waals surface area (Å²) in [6, 6.07) is 10.5. The standard InChI is InChI=1S/C26H33FN4O2/c1-26(11-15-30(16-12-26)24(32)18-19-7-4-5-8-21(19)27)25(33)31-14-6-9-22(31)20-10-13-28-23(17-20)29(2)3/h4-5,7-8,10,13,17,22H,6,9,11-12,14-16,18H2,1-3H3/t22-/m0/s1. The molecular weight excluding hydrogens is 419 g/mol. The molecule has 2 aromatic rings. The van der Waals surface area contributed by atoms with E-state index in [1.807, 2.05) is 43.1 Å². The van der Waals surface area contributed by atoms with Gasteiger partial charge in [0.25, 0.3) is 0 Å². The lowest BCUT2D eigenvalue weighted by Gasteiger charge is -2.41. The number of nitrogens with zero attached hydrogens (tertiary/aromatic N) is 4. The summed E-state index contributed by atoms with van der Waals surface area (Å²) in [6.07, 6.45) is 5.05. The van der Waals surface area contributed by atoms with Crippen LogP contribution in [0.5, 0.6) is 0 Å². The van der Waals surface area contributed by atoms with Gasteiger partial charge in [0, 0.05) is 45.3 Å². The maximum atomic E-state index is 13.9. The number of likely N-dealkylation sites (tertiary alicyclic amines) is 2. The minimum absolute atomic E-state index is 0.0573. The fourth-order valence-electron chi connectivity index (χ4n) is 4.97. The predicted molar refractivity (Wildman–Crippen MR) is 126 cm³/mol. The van der Waals surface area contributed by atoms with Crippen LogP contribution in [0.2, 0.25) is 0 Å². The molecule has 0 radical (unpaired) electrons. The molecular formula is C26H33FN4O2. The highest BCUT2D eigenvalue weighted by Gasteiger charge is 2.43. The van der Waals surface area contributed by atoms with E-state index in [1.54, 1.807) is 23.1 Å². The lowest BCUT2D eigenvalue weighted by molar-refractivity contribution is -0.148. The maximum Gasteiger partial charge on any atom is 0.229 e. The smallest absolute Gasteiger partial charge is 0.229 e. The molecule has 1 atom stereocenters. The van der Waals surface area contributed by atoms with Crippen LogP contribution in [0, 0.1) is 11.2 Å². The first-order chi connectivity index (χ1) is 15.8. The minimum Gasteiger partial charge on any atom is -0.363 e. The number of rotatable bonds is 5. The normalized spacial score (nSPS) is 20.1. The summed E-state index contributed by atoms with van der Waals surface area (Å²) in [5.74, 6) is 0.632. The van der Waals surface area contributed by atoms with Crippen LogP contribution < -0.4 is 4.90 Å². The summed E-state index contributed by atoms with van der Waals surface area (Å²) in [5, 5.41) is 0. The van der Waals surface area contributed by atoms with Crippen LogP contribution in [-0.2, 0) is 16.0 Å². The summed E-state index contributed by atoms with van der Waals surface area (Å²) >= 11 is 0. The molecule has 33 heavy (non-hydrogen) atoms. The molecule has 3 heterocycles. The van der Waals surface area contributed by atoms with Crippen molar-refractivity contribution in [2.24, 2.45) is 5.41 Å². The number of pyridine rings is 1. The van der Waals surface area contributed by atoms with Gasteiger partial charge in [-0.05, 0) is 55.0 Å². The Morgan fingerprint density at radius 1 is 1.15 bits per heavy atom. The quantitative estimate of drug-likeness (QED) is 0.692. The average molecular weight is 453 g/mol. The maximum absolute atomic E-state index is 13.9. The molecule has 0 unspecified atom stereocenters. The number of anilines is 1. The second-order valence-electron chi connectivity index (χ2n) is 9.71. The number of amides is 2. The highest BCUT2D eigenvalue weighted by molar-refractivity contribution is 5.84. The Balaban J connectivity index is 1.41. The third-order valence-corrected chi connectivity index (χ3v) is 7.16. The Kier molecular flexibility index (Phi) is 6.68. The van der Waals surface area contributed by atoms with Gasteiger partial charge in [0.1, 0.15) is 11.6 Å². The van der Waals surface area contributed by atoms with Crippen molar-refractivity contribution in [1.82, 2.24) is 14.8 Å². The van der Waals surface area contributed by atoms with E-state index in [0.29, 0.717) is 31.5 Å². The summed E-state index contributed by atoms with van der Waals surface area (Å²) in [6.45, 7) is 3.83. The van der Waals surface area contributed by atoms with Crippen LogP contribution in [0.25, 0.3) is 0 Å². The van der Waals surface area contributed by atoms with E-state index in [4.69, 9.17) is 0 Å². The molecule has 0 spiro atoms. The van der Waals surface area contributed by atoms with Gasteiger partial charge in [-0.2, -0.15) is 0 Å². The third-order valence-electron chi connectivity index (χ3n) is 7.16. The summed E-state index contributed by atoms with van der Waals surface area (Å²) < 4.78 is 13.9. The molecule has 2 saturated heterocycles. The monoisotopic (exact) mass is 452 g/mol. The fraction of sp³-hybridized carbons (Fsp3) is 0.500. The van der Waals surface area contributed by atoms with Gasteiger partial charge >= 0.3 is 0 Å². The van der Waals surface area contributed by atoms with Gasteiger partial charge < -0.3 is 14.7 Å². The molecule has 0 bridgehead atoms. The number of benzene rings is 1. The Labute approximate surface area is 195 Å². The molecule has 0 saturated carbocycles. The number of piperidine rings is 1. The van der Waals surface area contributed by atoms with Gasteiger partial charge in [0.05, 0.1) is 12.5 Å². The molecule has 2 aliphatic rings. The third kappa shape index (κ3) is 4.87. The van der Waals surface area contributed by atoms with E-state index in [0.717, 1.165) is 30.8 Å². The van der Waals surface area contributed by atoms with E-state index in [1.165, 1.54) is 6.07 Å². The number of carbonyl (C=O) groups is 2. The fourth-order valence-corrected chi connectivity index (χ4v) is 4.97. The van der Waals surface area contributed by atoms with E-state index in [9.17, 15) is 14.0 Å². The minimum atomic E-state index is -0.491. The van der Waals surface area contributed by atoms with Crippen molar-refractivity contribution in [3.8, 4) is 0 Å². The molecule has 4 rings (SSSR count). The van der Waals surface area contributed by atoms with Gasteiger partial charge in [-0.3, -0.25) is 9.59 Å².